The molecule has 1 amide bonds. The number of fused-ring (bicyclic) bond motifs is 2. The maximum Gasteiger partial charge on any atom is 0.341 e. The van der Waals surface area contributed by atoms with Gasteiger partial charge in [0.1, 0.15) is 11.3 Å². The van der Waals surface area contributed by atoms with Crippen molar-refractivity contribution in [2.75, 3.05) is 26.4 Å². The second kappa shape index (κ2) is 7.87. The lowest BCUT2D eigenvalue weighted by Gasteiger charge is -2.34. The fourth-order valence-corrected chi connectivity index (χ4v) is 3.63. The summed E-state index contributed by atoms with van der Waals surface area (Å²) in [6.45, 7) is 5.64. The number of carbonyl (C=O) groups excluding carboxylic acids is 2. The normalized spacial score (nSPS) is 21.9. The van der Waals surface area contributed by atoms with Crippen LogP contribution in [0.1, 0.15) is 42.6 Å². The van der Waals surface area contributed by atoms with Crippen LogP contribution < -0.4 is 4.74 Å². The van der Waals surface area contributed by atoms with E-state index >= 15 is 0 Å². The van der Waals surface area contributed by atoms with E-state index in [0.29, 0.717) is 44.2 Å². The van der Waals surface area contributed by atoms with E-state index in [4.69, 9.17) is 14.2 Å². The van der Waals surface area contributed by atoms with Gasteiger partial charge in [-0.2, -0.15) is 0 Å². The molecular formula is C19H25NO5. The van der Waals surface area contributed by atoms with E-state index < -0.39 is 5.97 Å². The summed E-state index contributed by atoms with van der Waals surface area (Å²) in [4.78, 5) is 26.8. The highest BCUT2D eigenvalue weighted by Gasteiger charge is 2.40. The molecule has 2 atom stereocenters. The largest absolute Gasteiger partial charge is 0.493 e. The van der Waals surface area contributed by atoms with Crippen LogP contribution in [0.25, 0.3) is 0 Å². The monoisotopic (exact) mass is 347 g/mol. The molecule has 136 valence electrons. The molecule has 2 bridgehead atoms. The van der Waals surface area contributed by atoms with E-state index in [2.05, 4.69) is 0 Å². The molecule has 2 heterocycles. The fraction of sp³-hybridized carbons (Fsp3) is 0.579. The van der Waals surface area contributed by atoms with Gasteiger partial charge in [-0.05, 0) is 44.4 Å². The minimum Gasteiger partial charge on any atom is -0.493 e. The molecule has 0 N–H and O–H groups in total. The zero-order chi connectivity index (χ0) is 17.8. The third kappa shape index (κ3) is 3.79. The third-order valence-corrected chi connectivity index (χ3v) is 4.72. The van der Waals surface area contributed by atoms with Crippen molar-refractivity contribution in [1.29, 1.82) is 0 Å². The Hall–Kier alpha value is -2.08. The quantitative estimate of drug-likeness (QED) is 0.738. The summed E-state index contributed by atoms with van der Waals surface area (Å²) in [6, 6.07) is 5.66. The zero-order valence-corrected chi connectivity index (χ0v) is 14.8. The van der Waals surface area contributed by atoms with Crippen molar-refractivity contribution in [3.8, 4) is 5.75 Å². The molecule has 2 aliphatic heterocycles. The van der Waals surface area contributed by atoms with Gasteiger partial charge in [0.15, 0.2) is 0 Å². The topological polar surface area (TPSA) is 65.1 Å². The molecule has 2 aliphatic rings. The molecular weight excluding hydrogens is 322 g/mol. The minimum absolute atomic E-state index is 0.113. The second-order valence-electron chi connectivity index (χ2n) is 6.38. The van der Waals surface area contributed by atoms with Gasteiger partial charge in [-0.15, -0.1) is 0 Å². The van der Waals surface area contributed by atoms with Crippen LogP contribution in [0.15, 0.2) is 18.2 Å². The summed E-state index contributed by atoms with van der Waals surface area (Å²) in [5.74, 6) is 0.174. The van der Waals surface area contributed by atoms with Crippen molar-refractivity contribution < 1.29 is 23.8 Å². The van der Waals surface area contributed by atoms with Crippen LogP contribution in [-0.2, 0) is 20.7 Å². The molecule has 6 nitrogen and oxygen atoms in total. The molecule has 0 radical (unpaired) electrons. The van der Waals surface area contributed by atoms with Crippen LogP contribution in [0.5, 0.6) is 5.75 Å². The van der Waals surface area contributed by atoms with Crippen LogP contribution in [0.3, 0.4) is 0 Å². The van der Waals surface area contributed by atoms with Gasteiger partial charge in [0, 0.05) is 0 Å². The number of morpholine rings is 1. The number of amides is 1. The number of carbonyl (C=O) groups is 2. The number of rotatable bonds is 6. The first-order valence-electron chi connectivity index (χ1n) is 8.95. The Bertz CT molecular complexity index is 629. The summed E-state index contributed by atoms with van der Waals surface area (Å²) in [6.07, 6.45) is 2.33. The molecule has 0 aliphatic carbocycles. The van der Waals surface area contributed by atoms with Crippen LogP contribution >= 0.6 is 0 Å². The molecule has 1 aromatic carbocycles. The summed E-state index contributed by atoms with van der Waals surface area (Å²) in [5.41, 5.74) is 1.23. The Morgan fingerprint density at radius 3 is 2.52 bits per heavy atom. The van der Waals surface area contributed by atoms with Crippen molar-refractivity contribution >= 4 is 11.9 Å². The maximum absolute atomic E-state index is 12.8. The lowest BCUT2D eigenvalue weighted by Crippen LogP contribution is -2.49. The molecule has 1 aromatic rings. The van der Waals surface area contributed by atoms with E-state index in [1.54, 1.807) is 25.1 Å². The Morgan fingerprint density at radius 2 is 1.88 bits per heavy atom. The average molecular weight is 347 g/mol. The number of nitrogens with zero attached hydrogens (tertiary/aromatic N) is 1. The van der Waals surface area contributed by atoms with E-state index in [9.17, 15) is 9.59 Å². The van der Waals surface area contributed by atoms with Crippen molar-refractivity contribution in [1.82, 2.24) is 4.90 Å². The fourth-order valence-electron chi connectivity index (χ4n) is 3.63. The van der Waals surface area contributed by atoms with Gasteiger partial charge in [-0.25, -0.2) is 4.79 Å². The Balaban J connectivity index is 1.75. The number of hydrogen-bond donors (Lipinski definition) is 0. The first-order valence-corrected chi connectivity index (χ1v) is 8.95. The maximum atomic E-state index is 12.8. The van der Waals surface area contributed by atoms with Gasteiger partial charge < -0.3 is 19.1 Å². The smallest absolute Gasteiger partial charge is 0.341 e. The predicted molar refractivity (Wildman–Crippen MR) is 91.7 cm³/mol. The minimum atomic E-state index is -0.407. The van der Waals surface area contributed by atoms with E-state index in [-0.39, 0.29) is 18.0 Å². The molecule has 2 fully saturated rings. The highest BCUT2D eigenvalue weighted by molar-refractivity contribution is 5.93. The molecule has 0 spiro atoms. The number of esters is 1. The SMILES string of the molecule is CCOC(=O)c1ccc(CC(=O)N2C3CCC2COC3)cc1OCC. The van der Waals surface area contributed by atoms with Gasteiger partial charge >= 0.3 is 5.97 Å². The van der Waals surface area contributed by atoms with Crippen molar-refractivity contribution in [2.24, 2.45) is 0 Å². The van der Waals surface area contributed by atoms with Crippen LogP contribution in [0, 0.1) is 0 Å². The average Bonchev–Trinajstić information content (AvgIpc) is 2.85. The Morgan fingerprint density at radius 1 is 1.16 bits per heavy atom. The molecule has 6 heteroatoms. The molecule has 0 saturated carbocycles. The van der Waals surface area contributed by atoms with Gasteiger partial charge in [-0.3, -0.25) is 4.79 Å². The summed E-state index contributed by atoms with van der Waals surface area (Å²) < 4.78 is 16.2. The van der Waals surface area contributed by atoms with Gasteiger partial charge in [0.2, 0.25) is 5.91 Å². The third-order valence-electron chi connectivity index (χ3n) is 4.72. The predicted octanol–water partition coefficient (Wildman–Crippen LogP) is 2.19. The molecule has 2 saturated heterocycles. The van der Waals surface area contributed by atoms with E-state index in [1.165, 1.54) is 0 Å². The van der Waals surface area contributed by atoms with Crippen molar-refractivity contribution in [3.05, 3.63) is 29.3 Å². The lowest BCUT2D eigenvalue weighted by atomic mass is 10.1. The first kappa shape index (κ1) is 17.7. The van der Waals surface area contributed by atoms with Crippen LogP contribution in [-0.4, -0.2) is 55.3 Å². The van der Waals surface area contributed by atoms with Gasteiger partial charge in [0.25, 0.3) is 0 Å². The van der Waals surface area contributed by atoms with Crippen molar-refractivity contribution in [3.63, 3.8) is 0 Å². The molecule has 0 aromatic heterocycles. The van der Waals surface area contributed by atoms with Crippen molar-refractivity contribution in [2.45, 2.75) is 45.2 Å². The molecule has 25 heavy (non-hydrogen) atoms. The van der Waals surface area contributed by atoms with Crippen LogP contribution in [0.4, 0.5) is 0 Å². The van der Waals surface area contributed by atoms with Gasteiger partial charge in [-0.1, -0.05) is 6.07 Å². The number of hydrogen-bond acceptors (Lipinski definition) is 5. The van der Waals surface area contributed by atoms with E-state index in [1.807, 2.05) is 11.8 Å². The number of ether oxygens (including phenoxy) is 3. The Labute approximate surface area is 148 Å². The van der Waals surface area contributed by atoms with Crippen LogP contribution in [0.2, 0.25) is 0 Å². The highest BCUT2D eigenvalue weighted by Crippen LogP contribution is 2.30. The standard InChI is InChI=1S/C19H25NO5/c1-3-24-17-9-13(5-8-16(17)19(22)25-4-2)10-18(21)20-14-6-7-15(20)12-23-11-14/h5,8-9,14-15H,3-4,6-7,10-12H2,1-2H3. The molecule has 2 unspecified atom stereocenters. The summed E-state index contributed by atoms with van der Waals surface area (Å²) >= 11 is 0. The second-order valence-corrected chi connectivity index (χ2v) is 6.38. The van der Waals surface area contributed by atoms with Gasteiger partial charge in [0.05, 0.1) is 44.9 Å². The first-order chi connectivity index (χ1) is 12.1. The number of benzene rings is 1. The zero-order valence-electron chi connectivity index (χ0n) is 14.8. The highest BCUT2D eigenvalue weighted by atomic mass is 16.5. The van der Waals surface area contributed by atoms with E-state index in [0.717, 1.165) is 18.4 Å². The lowest BCUT2D eigenvalue weighted by molar-refractivity contribution is -0.140. The Kier molecular flexibility index (Phi) is 5.58. The summed E-state index contributed by atoms with van der Waals surface area (Å²) in [7, 11) is 0. The molecule has 3 rings (SSSR count). The summed E-state index contributed by atoms with van der Waals surface area (Å²) in [5, 5.41) is 0.